The monoisotopic (exact) mass is 410 g/mol. The number of hydrogen-bond donors (Lipinski definition) is 2. The number of imidazole rings is 1. The van der Waals surface area contributed by atoms with Crippen molar-refractivity contribution in [2.45, 2.75) is 33.2 Å². The molecule has 158 valence electrons. The molecule has 1 aliphatic rings. The van der Waals surface area contributed by atoms with Crippen molar-refractivity contribution in [3.05, 3.63) is 47.3 Å². The number of anilines is 1. The highest BCUT2D eigenvalue weighted by atomic mass is 19.1. The quantitative estimate of drug-likeness (QED) is 0.438. The van der Waals surface area contributed by atoms with Gasteiger partial charge in [0.2, 0.25) is 0 Å². The lowest BCUT2D eigenvalue weighted by atomic mass is 9.99. The summed E-state index contributed by atoms with van der Waals surface area (Å²) >= 11 is 0. The number of aromatic nitrogens is 4. The summed E-state index contributed by atoms with van der Waals surface area (Å²) in [6.07, 6.45) is 2.43. The minimum atomic E-state index is -0.847. The minimum absolute atomic E-state index is 0.0499. The summed E-state index contributed by atoms with van der Waals surface area (Å²) in [5.74, 6) is 2.25. The largest absolute Gasteiger partial charge is 0.493 e. The standard InChI is InChI=1S/C22H27FN6O/c1-4-14-9-15-5-8-30-17(15)10-16(14)11-18-26-19-20(24)27-22(23)28-21(19)29(18)7-6-25-12-13(2)3/h4,9-10,13,25H,1,5-8,11-12H2,2-3H3,(H2,24,27,28). The van der Waals surface area contributed by atoms with Crippen molar-refractivity contribution in [3.63, 3.8) is 0 Å². The Morgan fingerprint density at radius 3 is 2.93 bits per heavy atom. The Morgan fingerprint density at radius 1 is 1.33 bits per heavy atom. The molecule has 3 aromatic rings. The molecular formula is C22H27FN6O. The van der Waals surface area contributed by atoms with Gasteiger partial charge in [0.25, 0.3) is 0 Å². The summed E-state index contributed by atoms with van der Waals surface area (Å²) in [7, 11) is 0. The summed E-state index contributed by atoms with van der Waals surface area (Å²) in [6.45, 7) is 11.2. The van der Waals surface area contributed by atoms with Crippen molar-refractivity contribution in [1.29, 1.82) is 0 Å². The predicted octanol–water partition coefficient (Wildman–Crippen LogP) is 2.96. The second-order valence-electron chi connectivity index (χ2n) is 7.97. The second-order valence-corrected chi connectivity index (χ2v) is 7.97. The fourth-order valence-electron chi connectivity index (χ4n) is 3.79. The van der Waals surface area contributed by atoms with Gasteiger partial charge < -0.3 is 20.4 Å². The van der Waals surface area contributed by atoms with Crippen molar-refractivity contribution >= 4 is 23.1 Å². The summed E-state index contributed by atoms with van der Waals surface area (Å²) in [4.78, 5) is 12.3. The van der Waals surface area contributed by atoms with Gasteiger partial charge in [-0.25, -0.2) is 4.98 Å². The Bertz CT molecular complexity index is 1090. The molecule has 0 saturated carbocycles. The molecule has 1 aliphatic heterocycles. The third kappa shape index (κ3) is 4.00. The Morgan fingerprint density at radius 2 is 2.17 bits per heavy atom. The van der Waals surface area contributed by atoms with E-state index in [1.165, 1.54) is 5.56 Å². The van der Waals surface area contributed by atoms with Crippen LogP contribution < -0.4 is 15.8 Å². The molecule has 0 unspecified atom stereocenters. The van der Waals surface area contributed by atoms with Gasteiger partial charge in [-0.3, -0.25) is 0 Å². The van der Waals surface area contributed by atoms with Crippen LogP contribution in [0.5, 0.6) is 5.75 Å². The zero-order chi connectivity index (χ0) is 21.3. The molecule has 0 bridgehead atoms. The molecule has 0 fully saturated rings. The van der Waals surface area contributed by atoms with E-state index < -0.39 is 6.08 Å². The number of fused-ring (bicyclic) bond motifs is 2. The summed E-state index contributed by atoms with van der Waals surface area (Å²) in [5, 5.41) is 3.41. The molecule has 0 spiro atoms. The Balaban J connectivity index is 1.72. The molecule has 0 atom stereocenters. The smallest absolute Gasteiger partial charge is 0.312 e. The van der Waals surface area contributed by atoms with E-state index in [9.17, 15) is 4.39 Å². The highest BCUT2D eigenvalue weighted by molar-refractivity contribution is 5.82. The lowest BCUT2D eigenvalue weighted by molar-refractivity contribution is 0.356. The van der Waals surface area contributed by atoms with Crippen LogP contribution >= 0.6 is 0 Å². The van der Waals surface area contributed by atoms with Gasteiger partial charge in [-0.1, -0.05) is 26.5 Å². The van der Waals surface area contributed by atoms with Crippen LogP contribution in [-0.2, 0) is 19.4 Å². The summed E-state index contributed by atoms with van der Waals surface area (Å²) < 4.78 is 21.5. The van der Waals surface area contributed by atoms with Crippen molar-refractivity contribution in [2.75, 3.05) is 25.4 Å². The fourth-order valence-corrected chi connectivity index (χ4v) is 3.79. The molecule has 30 heavy (non-hydrogen) atoms. The second kappa shape index (κ2) is 8.39. The van der Waals surface area contributed by atoms with Crippen LogP contribution in [0.4, 0.5) is 10.2 Å². The highest BCUT2D eigenvalue weighted by Gasteiger charge is 2.20. The predicted molar refractivity (Wildman–Crippen MR) is 116 cm³/mol. The van der Waals surface area contributed by atoms with Gasteiger partial charge in [-0.2, -0.15) is 14.4 Å². The third-order valence-corrected chi connectivity index (χ3v) is 5.26. The Hall–Kier alpha value is -3.00. The van der Waals surface area contributed by atoms with Crippen LogP contribution in [0.2, 0.25) is 0 Å². The Labute approximate surface area is 175 Å². The van der Waals surface area contributed by atoms with E-state index >= 15 is 0 Å². The van der Waals surface area contributed by atoms with Gasteiger partial charge in [-0.05, 0) is 41.3 Å². The minimum Gasteiger partial charge on any atom is -0.493 e. The molecule has 0 radical (unpaired) electrons. The first-order valence-corrected chi connectivity index (χ1v) is 10.3. The molecule has 8 heteroatoms. The molecule has 0 saturated heterocycles. The van der Waals surface area contributed by atoms with Crippen molar-refractivity contribution < 1.29 is 9.13 Å². The van der Waals surface area contributed by atoms with Crippen LogP contribution in [-0.4, -0.2) is 39.2 Å². The van der Waals surface area contributed by atoms with E-state index in [-0.39, 0.29) is 5.82 Å². The number of hydrogen-bond acceptors (Lipinski definition) is 6. The van der Waals surface area contributed by atoms with Gasteiger partial charge in [0.05, 0.1) is 6.61 Å². The van der Waals surface area contributed by atoms with Crippen molar-refractivity contribution in [3.8, 4) is 5.75 Å². The van der Waals surface area contributed by atoms with Gasteiger partial charge >= 0.3 is 6.08 Å². The third-order valence-electron chi connectivity index (χ3n) is 5.26. The number of nitrogens with one attached hydrogen (secondary N) is 1. The number of nitrogens with zero attached hydrogens (tertiary/aromatic N) is 4. The van der Waals surface area contributed by atoms with Crippen LogP contribution in [0.25, 0.3) is 17.2 Å². The van der Waals surface area contributed by atoms with Crippen molar-refractivity contribution in [1.82, 2.24) is 24.8 Å². The number of benzene rings is 1. The van der Waals surface area contributed by atoms with E-state index in [0.717, 1.165) is 35.7 Å². The first-order valence-electron chi connectivity index (χ1n) is 10.3. The number of halogens is 1. The molecule has 7 nitrogen and oxygen atoms in total. The molecular weight excluding hydrogens is 383 g/mol. The maximum Gasteiger partial charge on any atom is 0.312 e. The maximum atomic E-state index is 13.9. The number of rotatable bonds is 8. The van der Waals surface area contributed by atoms with Gasteiger partial charge in [0, 0.05) is 25.9 Å². The van der Waals surface area contributed by atoms with Crippen molar-refractivity contribution in [2.24, 2.45) is 5.92 Å². The molecule has 3 N–H and O–H groups in total. The van der Waals surface area contributed by atoms with Crippen LogP contribution in [0.15, 0.2) is 18.7 Å². The number of nitrogen functional groups attached to an aromatic ring is 1. The summed E-state index contributed by atoms with van der Waals surface area (Å²) in [6, 6.07) is 4.17. The molecule has 0 aliphatic carbocycles. The zero-order valence-corrected chi connectivity index (χ0v) is 17.4. The number of nitrogens with two attached hydrogens (primary N) is 1. The molecule has 0 amide bonds. The lowest BCUT2D eigenvalue weighted by Crippen LogP contribution is -2.25. The number of ether oxygens (including phenoxy) is 1. The molecule has 3 heterocycles. The molecule has 4 rings (SSSR count). The van der Waals surface area contributed by atoms with E-state index in [2.05, 4.69) is 52.8 Å². The maximum absolute atomic E-state index is 13.9. The van der Waals surface area contributed by atoms with E-state index in [0.29, 0.717) is 43.2 Å². The first kappa shape index (κ1) is 20.3. The highest BCUT2D eigenvalue weighted by Crippen LogP contribution is 2.31. The van der Waals surface area contributed by atoms with E-state index in [4.69, 9.17) is 10.5 Å². The Kier molecular flexibility index (Phi) is 5.67. The molecule has 1 aromatic carbocycles. The lowest BCUT2D eigenvalue weighted by Gasteiger charge is -2.13. The van der Waals surface area contributed by atoms with Gasteiger partial charge in [0.1, 0.15) is 11.6 Å². The summed E-state index contributed by atoms with van der Waals surface area (Å²) in [5.41, 5.74) is 10.1. The van der Waals surface area contributed by atoms with Crippen LogP contribution in [0.3, 0.4) is 0 Å². The van der Waals surface area contributed by atoms with Crippen LogP contribution in [0.1, 0.15) is 36.4 Å². The zero-order valence-electron chi connectivity index (χ0n) is 17.4. The average molecular weight is 410 g/mol. The fraction of sp³-hybridized carbons (Fsp3) is 0.409. The average Bonchev–Trinajstić information content (AvgIpc) is 3.29. The van der Waals surface area contributed by atoms with E-state index in [1.807, 2.05) is 10.6 Å². The van der Waals surface area contributed by atoms with Gasteiger partial charge in [0.15, 0.2) is 17.0 Å². The SMILES string of the molecule is C=Cc1cc2c(cc1Cc1nc3c(N)nc(F)nc3n1CCNCC(C)C)OCC2. The van der Waals surface area contributed by atoms with E-state index in [1.54, 1.807) is 0 Å². The first-order chi connectivity index (χ1) is 14.5. The van der Waals surface area contributed by atoms with Gasteiger partial charge in [-0.15, -0.1) is 0 Å². The van der Waals surface area contributed by atoms with Crippen LogP contribution in [0, 0.1) is 12.0 Å². The topological polar surface area (TPSA) is 90.9 Å². The molecule has 2 aromatic heterocycles. The normalized spacial score (nSPS) is 13.1.